The zero-order valence-electron chi connectivity index (χ0n) is 17.8. The summed E-state index contributed by atoms with van der Waals surface area (Å²) < 4.78 is 0. The van der Waals surface area contributed by atoms with E-state index in [4.69, 9.17) is 22.2 Å². The molecule has 1 atom stereocenters. The van der Waals surface area contributed by atoms with Gasteiger partial charge in [-0.15, -0.1) is 0 Å². The van der Waals surface area contributed by atoms with Crippen molar-refractivity contribution in [2.75, 3.05) is 41.3 Å². The van der Waals surface area contributed by atoms with Crippen molar-refractivity contribution in [2.24, 2.45) is 5.92 Å². The Morgan fingerprint density at radius 2 is 1.55 bits per heavy atom. The second kappa shape index (κ2) is 9.92. The number of nitrogens with zero attached hydrogens (tertiary/aromatic N) is 4. The van der Waals surface area contributed by atoms with Crippen molar-refractivity contribution in [2.45, 2.75) is 77.2 Å². The van der Waals surface area contributed by atoms with E-state index in [1.54, 1.807) is 0 Å². The molecule has 7 heteroatoms. The van der Waals surface area contributed by atoms with E-state index in [-0.39, 0.29) is 0 Å². The van der Waals surface area contributed by atoms with Gasteiger partial charge >= 0.3 is 0 Å². The summed E-state index contributed by atoms with van der Waals surface area (Å²) in [5, 5.41) is 7.41. The molecule has 1 aliphatic carbocycles. The Hall–Kier alpha value is -1.63. The summed E-state index contributed by atoms with van der Waals surface area (Å²) in [5.74, 6) is 3.43. The largest absolute Gasteiger partial charge is 0.360 e. The third-order valence-corrected chi connectivity index (χ3v) is 6.75. The van der Waals surface area contributed by atoms with Gasteiger partial charge in [0.1, 0.15) is 11.6 Å². The van der Waals surface area contributed by atoms with Crippen molar-refractivity contribution in [3.63, 3.8) is 0 Å². The van der Waals surface area contributed by atoms with Crippen LogP contribution in [0.3, 0.4) is 0 Å². The molecule has 0 spiro atoms. The van der Waals surface area contributed by atoms with Gasteiger partial charge in [0.15, 0.2) is 5.11 Å². The van der Waals surface area contributed by atoms with E-state index in [1.165, 1.54) is 64.2 Å². The Morgan fingerprint density at radius 1 is 0.897 bits per heavy atom. The number of nitrogens with one attached hydrogen (secondary N) is 2. The first-order valence-electron chi connectivity index (χ1n) is 11.6. The lowest BCUT2D eigenvalue weighted by atomic mass is 10.0. The van der Waals surface area contributed by atoms with E-state index in [1.807, 2.05) is 0 Å². The number of anilines is 3. The Labute approximate surface area is 180 Å². The van der Waals surface area contributed by atoms with Gasteiger partial charge in [0, 0.05) is 38.3 Å². The van der Waals surface area contributed by atoms with Gasteiger partial charge in [-0.2, -0.15) is 9.97 Å². The third kappa shape index (κ3) is 5.71. The van der Waals surface area contributed by atoms with Crippen LogP contribution < -0.4 is 20.4 Å². The lowest BCUT2D eigenvalue weighted by Crippen LogP contribution is -2.37. The predicted octanol–water partition coefficient (Wildman–Crippen LogP) is 4.32. The number of rotatable bonds is 4. The molecule has 29 heavy (non-hydrogen) atoms. The lowest BCUT2D eigenvalue weighted by molar-refractivity contribution is 0.444. The van der Waals surface area contributed by atoms with Crippen molar-refractivity contribution in [1.82, 2.24) is 15.3 Å². The second-order valence-electron chi connectivity index (χ2n) is 9.08. The normalized spacial score (nSPS) is 23.7. The van der Waals surface area contributed by atoms with Crippen molar-refractivity contribution >= 4 is 34.9 Å². The summed E-state index contributed by atoms with van der Waals surface area (Å²) in [6, 6.07) is 2.69. The van der Waals surface area contributed by atoms with Crippen LogP contribution in [0.25, 0.3) is 0 Å². The number of hydrogen-bond acceptors (Lipinski definition) is 5. The summed E-state index contributed by atoms with van der Waals surface area (Å²) >= 11 is 5.58. The second-order valence-corrected chi connectivity index (χ2v) is 9.49. The molecular weight excluding hydrogens is 380 g/mol. The fraction of sp³-hybridized carbons (Fsp3) is 0.773. The zero-order chi connectivity index (χ0) is 20.1. The molecule has 1 aromatic heterocycles. The molecule has 0 radical (unpaired) electrons. The van der Waals surface area contributed by atoms with E-state index in [9.17, 15) is 0 Å². The monoisotopic (exact) mass is 416 g/mol. The van der Waals surface area contributed by atoms with E-state index < -0.39 is 0 Å². The van der Waals surface area contributed by atoms with Crippen LogP contribution in [0.15, 0.2) is 6.07 Å². The Kier molecular flexibility index (Phi) is 7.06. The van der Waals surface area contributed by atoms with Gasteiger partial charge in [0.25, 0.3) is 0 Å². The summed E-state index contributed by atoms with van der Waals surface area (Å²) in [4.78, 5) is 14.6. The molecule has 0 bridgehead atoms. The lowest BCUT2D eigenvalue weighted by Gasteiger charge is -2.33. The zero-order valence-corrected chi connectivity index (χ0v) is 18.6. The van der Waals surface area contributed by atoms with Gasteiger partial charge in [-0.1, -0.05) is 32.6 Å². The summed E-state index contributed by atoms with van der Waals surface area (Å²) in [6.07, 6.45) is 12.6. The molecule has 3 heterocycles. The maximum Gasteiger partial charge on any atom is 0.232 e. The SMILES string of the molecule is C[C@H]1CCCN(c2cc(N3CCCCCC3)nc(NC(=S)NC3CCCC3)n2)C1. The molecule has 3 fully saturated rings. The molecule has 160 valence electrons. The van der Waals surface area contributed by atoms with E-state index in [0.717, 1.165) is 37.8 Å². The van der Waals surface area contributed by atoms with Gasteiger partial charge in [-0.3, -0.25) is 0 Å². The Balaban J connectivity index is 1.54. The van der Waals surface area contributed by atoms with Gasteiger partial charge in [-0.25, -0.2) is 0 Å². The number of piperidine rings is 1. The molecule has 3 aliphatic rings. The molecule has 1 saturated carbocycles. The molecule has 0 aromatic carbocycles. The van der Waals surface area contributed by atoms with Crippen molar-refractivity contribution in [1.29, 1.82) is 0 Å². The van der Waals surface area contributed by atoms with Crippen molar-refractivity contribution in [3.05, 3.63) is 6.07 Å². The average molecular weight is 417 g/mol. The molecule has 6 nitrogen and oxygen atoms in total. The molecule has 0 unspecified atom stereocenters. The number of aromatic nitrogens is 2. The van der Waals surface area contributed by atoms with Crippen LogP contribution in [0.1, 0.15) is 71.1 Å². The smallest absolute Gasteiger partial charge is 0.232 e. The minimum absolute atomic E-state index is 0.492. The van der Waals surface area contributed by atoms with Crippen LogP contribution in [0.4, 0.5) is 17.6 Å². The quantitative estimate of drug-likeness (QED) is 0.709. The van der Waals surface area contributed by atoms with E-state index >= 15 is 0 Å². The van der Waals surface area contributed by atoms with Gasteiger partial charge < -0.3 is 20.4 Å². The summed E-state index contributed by atoms with van der Waals surface area (Å²) in [6.45, 7) is 6.64. The van der Waals surface area contributed by atoms with Gasteiger partial charge in [-0.05, 0) is 56.7 Å². The summed E-state index contributed by atoms with van der Waals surface area (Å²) in [5.41, 5.74) is 0. The van der Waals surface area contributed by atoms with Gasteiger partial charge in [0.2, 0.25) is 5.95 Å². The minimum Gasteiger partial charge on any atom is -0.360 e. The van der Waals surface area contributed by atoms with Gasteiger partial charge in [0.05, 0.1) is 0 Å². The molecule has 4 rings (SSSR count). The Morgan fingerprint density at radius 3 is 2.24 bits per heavy atom. The average Bonchev–Trinajstić information content (AvgIpc) is 3.06. The van der Waals surface area contributed by atoms with Crippen molar-refractivity contribution in [3.8, 4) is 0 Å². The van der Waals surface area contributed by atoms with Crippen LogP contribution in [0, 0.1) is 5.92 Å². The first kappa shape index (κ1) is 20.6. The highest BCUT2D eigenvalue weighted by Gasteiger charge is 2.22. The van der Waals surface area contributed by atoms with Crippen molar-refractivity contribution < 1.29 is 0 Å². The maximum absolute atomic E-state index is 5.58. The first-order valence-corrected chi connectivity index (χ1v) is 12.0. The first-order chi connectivity index (χ1) is 14.2. The van der Waals surface area contributed by atoms with Crippen LogP contribution in [-0.2, 0) is 0 Å². The topological polar surface area (TPSA) is 56.3 Å². The highest BCUT2D eigenvalue weighted by atomic mass is 32.1. The highest BCUT2D eigenvalue weighted by molar-refractivity contribution is 7.80. The third-order valence-electron chi connectivity index (χ3n) is 6.53. The Bertz CT molecular complexity index is 662. The molecule has 2 N–H and O–H groups in total. The fourth-order valence-corrected chi connectivity index (χ4v) is 5.15. The van der Waals surface area contributed by atoms with Crippen LogP contribution in [-0.4, -0.2) is 47.3 Å². The predicted molar refractivity (Wildman–Crippen MR) is 125 cm³/mol. The molecule has 2 aliphatic heterocycles. The molecular formula is C22H36N6S. The fourth-order valence-electron chi connectivity index (χ4n) is 4.89. The molecule has 0 amide bonds. The number of thiocarbonyl (C=S) groups is 1. The van der Waals surface area contributed by atoms with Crippen LogP contribution in [0.5, 0.6) is 0 Å². The highest BCUT2D eigenvalue weighted by Crippen LogP contribution is 2.27. The van der Waals surface area contributed by atoms with Crippen LogP contribution in [0.2, 0.25) is 0 Å². The minimum atomic E-state index is 0.492. The standard InChI is InChI=1S/C22H36N6S/c1-17-9-8-14-28(16-17)20-15-19(27-12-6-2-3-7-13-27)24-21(25-20)26-22(29)23-18-10-4-5-11-18/h15,17-18H,2-14,16H2,1H3,(H2,23,24,25,26,29)/t17-/m0/s1. The van der Waals surface area contributed by atoms with E-state index in [2.05, 4.69) is 33.4 Å². The molecule has 1 aromatic rings. The van der Waals surface area contributed by atoms with Crippen LogP contribution >= 0.6 is 12.2 Å². The molecule has 2 saturated heterocycles. The number of hydrogen-bond donors (Lipinski definition) is 2. The summed E-state index contributed by atoms with van der Waals surface area (Å²) in [7, 11) is 0. The maximum atomic E-state index is 5.58. The van der Waals surface area contributed by atoms with E-state index in [0.29, 0.717) is 23.0 Å².